The van der Waals surface area contributed by atoms with Crippen molar-refractivity contribution in [3.63, 3.8) is 0 Å². The van der Waals surface area contributed by atoms with Gasteiger partial charge in [-0.15, -0.1) is 0 Å². The fraction of sp³-hybridized carbons (Fsp3) is 0.538. The SMILES string of the molecule is CCN(CCOC)Cc1cc(C)ccc1N. The summed E-state index contributed by atoms with van der Waals surface area (Å²) in [4.78, 5) is 2.33. The van der Waals surface area contributed by atoms with Gasteiger partial charge in [-0.05, 0) is 25.1 Å². The minimum Gasteiger partial charge on any atom is -0.398 e. The number of ether oxygens (including phenoxy) is 1. The van der Waals surface area contributed by atoms with Gasteiger partial charge in [0.2, 0.25) is 0 Å². The van der Waals surface area contributed by atoms with Crippen LogP contribution in [0.1, 0.15) is 18.1 Å². The monoisotopic (exact) mass is 222 g/mol. The Kier molecular flexibility index (Phi) is 5.29. The number of benzene rings is 1. The Morgan fingerprint density at radius 1 is 1.38 bits per heavy atom. The largest absolute Gasteiger partial charge is 0.398 e. The van der Waals surface area contributed by atoms with Gasteiger partial charge in [0.05, 0.1) is 6.61 Å². The molecule has 0 aliphatic rings. The number of aryl methyl sites for hydroxylation is 1. The number of methoxy groups -OCH3 is 1. The van der Waals surface area contributed by atoms with E-state index in [1.54, 1.807) is 7.11 Å². The molecule has 0 spiro atoms. The van der Waals surface area contributed by atoms with Crippen LogP contribution in [0.3, 0.4) is 0 Å². The number of rotatable bonds is 6. The molecule has 3 heteroatoms. The summed E-state index contributed by atoms with van der Waals surface area (Å²) in [7, 11) is 1.73. The summed E-state index contributed by atoms with van der Waals surface area (Å²) in [5, 5.41) is 0. The maximum absolute atomic E-state index is 5.96. The van der Waals surface area contributed by atoms with Crippen molar-refractivity contribution in [2.45, 2.75) is 20.4 Å². The second-order valence-electron chi connectivity index (χ2n) is 4.06. The van der Waals surface area contributed by atoms with E-state index in [0.29, 0.717) is 0 Å². The van der Waals surface area contributed by atoms with Crippen LogP contribution in [-0.2, 0) is 11.3 Å². The second-order valence-corrected chi connectivity index (χ2v) is 4.06. The van der Waals surface area contributed by atoms with Crippen LogP contribution in [0.4, 0.5) is 5.69 Å². The van der Waals surface area contributed by atoms with Crippen LogP contribution in [0.25, 0.3) is 0 Å². The summed E-state index contributed by atoms with van der Waals surface area (Å²) in [6.07, 6.45) is 0. The molecule has 0 aliphatic carbocycles. The molecule has 2 N–H and O–H groups in total. The van der Waals surface area contributed by atoms with Crippen LogP contribution < -0.4 is 5.73 Å². The van der Waals surface area contributed by atoms with E-state index in [-0.39, 0.29) is 0 Å². The van der Waals surface area contributed by atoms with Gasteiger partial charge in [0, 0.05) is 25.9 Å². The first-order valence-electron chi connectivity index (χ1n) is 5.73. The maximum Gasteiger partial charge on any atom is 0.0589 e. The van der Waals surface area contributed by atoms with E-state index in [4.69, 9.17) is 10.5 Å². The fourth-order valence-corrected chi connectivity index (χ4v) is 1.68. The van der Waals surface area contributed by atoms with Gasteiger partial charge in [-0.1, -0.05) is 24.6 Å². The fourth-order valence-electron chi connectivity index (χ4n) is 1.68. The van der Waals surface area contributed by atoms with Crippen LogP contribution in [0.15, 0.2) is 18.2 Å². The van der Waals surface area contributed by atoms with Crippen molar-refractivity contribution in [3.05, 3.63) is 29.3 Å². The number of hydrogen-bond acceptors (Lipinski definition) is 3. The number of hydrogen-bond donors (Lipinski definition) is 1. The number of nitrogens with zero attached hydrogens (tertiary/aromatic N) is 1. The summed E-state index contributed by atoms with van der Waals surface area (Å²) in [5.74, 6) is 0. The predicted octanol–water partition coefficient (Wildman–Crippen LogP) is 2.05. The molecule has 90 valence electrons. The Labute approximate surface area is 98.2 Å². The van der Waals surface area contributed by atoms with Crippen LogP contribution in [-0.4, -0.2) is 31.7 Å². The number of nitrogen functional groups attached to an aromatic ring is 1. The number of likely N-dealkylation sites (N-methyl/N-ethyl adjacent to an activating group) is 1. The van der Waals surface area contributed by atoms with Gasteiger partial charge in [0.25, 0.3) is 0 Å². The van der Waals surface area contributed by atoms with Crippen LogP contribution in [0.2, 0.25) is 0 Å². The van der Waals surface area contributed by atoms with E-state index in [0.717, 1.165) is 31.9 Å². The first kappa shape index (κ1) is 13.0. The molecule has 0 bridgehead atoms. The summed E-state index contributed by atoms with van der Waals surface area (Å²) in [5.41, 5.74) is 9.30. The molecule has 0 amide bonds. The van der Waals surface area contributed by atoms with Gasteiger partial charge in [0.15, 0.2) is 0 Å². The minimum absolute atomic E-state index is 0.763. The van der Waals surface area contributed by atoms with Crippen molar-refractivity contribution < 1.29 is 4.74 Å². The van der Waals surface area contributed by atoms with Crippen molar-refractivity contribution in [1.29, 1.82) is 0 Å². The smallest absolute Gasteiger partial charge is 0.0589 e. The number of nitrogens with two attached hydrogens (primary N) is 1. The van der Waals surface area contributed by atoms with E-state index >= 15 is 0 Å². The third-order valence-electron chi connectivity index (χ3n) is 2.75. The zero-order valence-corrected chi connectivity index (χ0v) is 10.5. The molecule has 16 heavy (non-hydrogen) atoms. The Morgan fingerprint density at radius 3 is 2.75 bits per heavy atom. The topological polar surface area (TPSA) is 38.5 Å². The molecule has 0 atom stereocenters. The lowest BCUT2D eigenvalue weighted by Crippen LogP contribution is -2.27. The Bertz CT molecular complexity index is 326. The van der Waals surface area contributed by atoms with E-state index in [1.807, 2.05) is 12.1 Å². The average Bonchev–Trinajstić information content (AvgIpc) is 2.28. The average molecular weight is 222 g/mol. The quantitative estimate of drug-likeness (QED) is 0.749. The highest BCUT2D eigenvalue weighted by Crippen LogP contribution is 2.15. The standard InChI is InChI=1S/C13H22N2O/c1-4-15(7-8-16-3)10-12-9-11(2)5-6-13(12)14/h5-6,9H,4,7-8,10,14H2,1-3H3. The predicted molar refractivity (Wildman–Crippen MR) is 68.4 cm³/mol. The van der Waals surface area contributed by atoms with Crippen molar-refractivity contribution in [1.82, 2.24) is 4.90 Å². The lowest BCUT2D eigenvalue weighted by molar-refractivity contribution is 0.147. The highest BCUT2D eigenvalue weighted by Gasteiger charge is 2.06. The van der Waals surface area contributed by atoms with Gasteiger partial charge in [-0.2, -0.15) is 0 Å². The summed E-state index contributed by atoms with van der Waals surface area (Å²) >= 11 is 0. The van der Waals surface area contributed by atoms with E-state index in [9.17, 15) is 0 Å². The molecule has 0 saturated carbocycles. The Hall–Kier alpha value is -1.06. The molecule has 3 nitrogen and oxygen atoms in total. The van der Waals surface area contributed by atoms with E-state index < -0.39 is 0 Å². The van der Waals surface area contributed by atoms with Gasteiger partial charge < -0.3 is 10.5 Å². The molecule has 0 unspecified atom stereocenters. The normalized spacial score (nSPS) is 11.0. The van der Waals surface area contributed by atoms with Gasteiger partial charge in [0.1, 0.15) is 0 Å². The van der Waals surface area contributed by atoms with E-state index in [1.165, 1.54) is 11.1 Å². The first-order valence-corrected chi connectivity index (χ1v) is 5.73. The summed E-state index contributed by atoms with van der Waals surface area (Å²) in [6.45, 7) is 7.86. The Balaban J connectivity index is 2.65. The minimum atomic E-state index is 0.763. The van der Waals surface area contributed by atoms with Crippen LogP contribution in [0, 0.1) is 6.92 Å². The Morgan fingerprint density at radius 2 is 2.12 bits per heavy atom. The van der Waals surface area contributed by atoms with E-state index in [2.05, 4.69) is 24.8 Å². The summed E-state index contributed by atoms with van der Waals surface area (Å²) in [6, 6.07) is 6.18. The van der Waals surface area contributed by atoms with Crippen LogP contribution >= 0.6 is 0 Å². The lowest BCUT2D eigenvalue weighted by Gasteiger charge is -2.21. The molecule has 0 aromatic heterocycles. The van der Waals surface area contributed by atoms with Gasteiger partial charge in [-0.3, -0.25) is 4.90 Å². The third-order valence-corrected chi connectivity index (χ3v) is 2.75. The first-order chi connectivity index (χ1) is 7.67. The molecular weight excluding hydrogens is 200 g/mol. The van der Waals surface area contributed by atoms with Crippen molar-refractivity contribution >= 4 is 5.69 Å². The molecule has 0 fully saturated rings. The maximum atomic E-state index is 5.96. The van der Waals surface area contributed by atoms with Gasteiger partial charge in [-0.25, -0.2) is 0 Å². The number of anilines is 1. The third kappa shape index (κ3) is 3.83. The van der Waals surface area contributed by atoms with Crippen molar-refractivity contribution in [2.75, 3.05) is 32.5 Å². The molecule has 0 aliphatic heterocycles. The highest BCUT2D eigenvalue weighted by molar-refractivity contribution is 5.48. The molecule has 0 heterocycles. The van der Waals surface area contributed by atoms with Crippen molar-refractivity contribution in [3.8, 4) is 0 Å². The molecule has 0 radical (unpaired) electrons. The molecule has 1 aromatic carbocycles. The van der Waals surface area contributed by atoms with Crippen LogP contribution in [0.5, 0.6) is 0 Å². The molecular formula is C13H22N2O. The van der Waals surface area contributed by atoms with Gasteiger partial charge >= 0.3 is 0 Å². The second kappa shape index (κ2) is 6.51. The lowest BCUT2D eigenvalue weighted by atomic mass is 10.1. The molecule has 1 rings (SSSR count). The zero-order chi connectivity index (χ0) is 12.0. The zero-order valence-electron chi connectivity index (χ0n) is 10.5. The summed E-state index contributed by atoms with van der Waals surface area (Å²) < 4.78 is 5.09. The van der Waals surface area contributed by atoms with Crippen molar-refractivity contribution in [2.24, 2.45) is 0 Å². The molecule has 1 aromatic rings. The molecule has 0 saturated heterocycles. The highest BCUT2D eigenvalue weighted by atomic mass is 16.5.